The third kappa shape index (κ3) is 9.25. The molecule has 64 valence electrons. The summed E-state index contributed by atoms with van der Waals surface area (Å²) in [5, 5.41) is 10.6. The van der Waals surface area contributed by atoms with Gasteiger partial charge in [0.05, 0.1) is 6.61 Å². The van der Waals surface area contributed by atoms with Crippen LogP contribution >= 0.6 is 0 Å². The number of ether oxygens (including phenoxy) is 1. The van der Waals surface area contributed by atoms with Gasteiger partial charge in [0.25, 0.3) is 0 Å². The molecule has 0 rings (SSSR count). The molecule has 3 heteroatoms. The van der Waals surface area contributed by atoms with Crippen LogP contribution in [0.1, 0.15) is 20.3 Å². The summed E-state index contributed by atoms with van der Waals surface area (Å²) in [6, 6.07) is 0. The molecule has 0 atom stereocenters. The zero-order valence-corrected chi connectivity index (χ0v) is 7.26. The molecular weight excluding hydrogens is 140 g/mol. The minimum absolute atomic E-state index is 0.620. The highest BCUT2D eigenvalue weighted by atomic mass is 16.5. The molecular formula is C8H16N2O. The number of nitrogens with zero attached hydrogens (tertiary/aromatic N) is 1. The first-order valence-corrected chi connectivity index (χ1v) is 3.97. The van der Waals surface area contributed by atoms with E-state index in [2.05, 4.69) is 19.2 Å². The fourth-order valence-electron chi connectivity index (χ4n) is 0.600. The number of nitrogens with one attached hydrogen (secondary N) is 1. The number of hydrogen-bond donors (Lipinski definition) is 1. The molecule has 0 unspecified atom stereocenters. The maximum absolute atomic E-state index is 8.09. The Morgan fingerprint density at radius 3 is 2.73 bits per heavy atom. The highest BCUT2D eigenvalue weighted by Gasteiger charge is 1.92. The zero-order valence-electron chi connectivity index (χ0n) is 7.26. The largest absolute Gasteiger partial charge is 0.380 e. The van der Waals surface area contributed by atoms with Gasteiger partial charge < -0.3 is 10.1 Å². The third-order valence-electron chi connectivity index (χ3n) is 1.29. The van der Waals surface area contributed by atoms with Crippen LogP contribution in [0.15, 0.2) is 0 Å². The van der Waals surface area contributed by atoms with Crippen molar-refractivity contribution in [3.05, 3.63) is 0 Å². The number of hydrogen-bond acceptors (Lipinski definition) is 3. The van der Waals surface area contributed by atoms with E-state index < -0.39 is 0 Å². The van der Waals surface area contributed by atoms with Gasteiger partial charge in [0, 0.05) is 13.2 Å². The molecule has 0 bridgehead atoms. The average Bonchev–Trinajstić information content (AvgIpc) is 1.96. The lowest BCUT2D eigenvalue weighted by Crippen LogP contribution is -2.14. The Balaban J connectivity index is 2.86. The predicted molar refractivity (Wildman–Crippen MR) is 43.9 cm³/mol. The second-order valence-corrected chi connectivity index (χ2v) is 2.83. The standard InChI is InChI=1S/C8H16N2O/c1-8(2)3-5-11-6-4-10-7-9/h8,10H,3-6H2,1-2H3. The molecule has 0 amide bonds. The molecule has 0 saturated heterocycles. The van der Waals surface area contributed by atoms with Gasteiger partial charge in [0.15, 0.2) is 6.19 Å². The van der Waals surface area contributed by atoms with Crippen molar-refractivity contribution in [1.29, 1.82) is 5.26 Å². The lowest BCUT2D eigenvalue weighted by molar-refractivity contribution is 0.127. The summed E-state index contributed by atoms with van der Waals surface area (Å²) in [6.45, 7) is 6.37. The van der Waals surface area contributed by atoms with Crippen molar-refractivity contribution in [2.45, 2.75) is 20.3 Å². The summed E-state index contributed by atoms with van der Waals surface area (Å²) in [6.07, 6.45) is 2.93. The van der Waals surface area contributed by atoms with Gasteiger partial charge in [-0.25, -0.2) is 0 Å². The molecule has 0 heterocycles. The third-order valence-corrected chi connectivity index (χ3v) is 1.29. The van der Waals surface area contributed by atoms with Gasteiger partial charge in [-0.1, -0.05) is 13.8 Å². The van der Waals surface area contributed by atoms with E-state index in [9.17, 15) is 0 Å². The van der Waals surface area contributed by atoms with Crippen LogP contribution in [0.5, 0.6) is 0 Å². The lowest BCUT2D eigenvalue weighted by atomic mass is 10.1. The van der Waals surface area contributed by atoms with Crippen molar-refractivity contribution in [2.24, 2.45) is 5.92 Å². The Bertz CT molecular complexity index is 118. The molecule has 0 aromatic heterocycles. The second kappa shape index (κ2) is 7.36. The maximum Gasteiger partial charge on any atom is 0.176 e. The van der Waals surface area contributed by atoms with Crippen LogP contribution in [0, 0.1) is 17.4 Å². The molecule has 0 spiro atoms. The van der Waals surface area contributed by atoms with E-state index in [0.29, 0.717) is 19.1 Å². The second-order valence-electron chi connectivity index (χ2n) is 2.83. The number of rotatable bonds is 6. The van der Waals surface area contributed by atoms with Crippen molar-refractivity contribution >= 4 is 0 Å². The quantitative estimate of drug-likeness (QED) is 0.356. The van der Waals surface area contributed by atoms with Crippen LogP contribution in [0.25, 0.3) is 0 Å². The SMILES string of the molecule is CC(C)CCOCCNC#N. The molecule has 0 saturated carbocycles. The van der Waals surface area contributed by atoms with Crippen LogP contribution in [-0.2, 0) is 4.74 Å². The molecule has 0 aliphatic carbocycles. The van der Waals surface area contributed by atoms with Crippen molar-refractivity contribution in [2.75, 3.05) is 19.8 Å². The minimum atomic E-state index is 0.620. The van der Waals surface area contributed by atoms with Gasteiger partial charge in [0.1, 0.15) is 0 Å². The average molecular weight is 156 g/mol. The fourth-order valence-corrected chi connectivity index (χ4v) is 0.600. The Kier molecular flexibility index (Phi) is 6.86. The summed E-state index contributed by atoms with van der Waals surface area (Å²) in [4.78, 5) is 0. The molecule has 11 heavy (non-hydrogen) atoms. The molecule has 0 aromatic carbocycles. The first kappa shape index (κ1) is 10.2. The molecule has 0 aromatic rings. The molecule has 1 N–H and O–H groups in total. The number of nitriles is 1. The monoisotopic (exact) mass is 156 g/mol. The topological polar surface area (TPSA) is 45.0 Å². The van der Waals surface area contributed by atoms with Gasteiger partial charge in [0.2, 0.25) is 0 Å². The predicted octanol–water partition coefficient (Wildman–Crippen LogP) is 1.12. The molecule has 0 radical (unpaired) electrons. The van der Waals surface area contributed by atoms with Gasteiger partial charge in [-0.15, -0.1) is 0 Å². The van der Waals surface area contributed by atoms with E-state index in [0.717, 1.165) is 13.0 Å². The van der Waals surface area contributed by atoms with E-state index in [1.165, 1.54) is 0 Å². The zero-order chi connectivity index (χ0) is 8.53. The van der Waals surface area contributed by atoms with Crippen molar-refractivity contribution in [1.82, 2.24) is 5.32 Å². The summed E-state index contributed by atoms with van der Waals surface area (Å²) in [7, 11) is 0. The van der Waals surface area contributed by atoms with Crippen molar-refractivity contribution in [3.63, 3.8) is 0 Å². The van der Waals surface area contributed by atoms with E-state index in [-0.39, 0.29) is 0 Å². The maximum atomic E-state index is 8.09. The van der Waals surface area contributed by atoms with E-state index >= 15 is 0 Å². The Hall–Kier alpha value is -0.750. The minimum Gasteiger partial charge on any atom is -0.380 e. The van der Waals surface area contributed by atoms with Crippen LogP contribution in [-0.4, -0.2) is 19.8 Å². The fraction of sp³-hybridized carbons (Fsp3) is 0.875. The Morgan fingerprint density at radius 2 is 2.18 bits per heavy atom. The van der Waals surface area contributed by atoms with Gasteiger partial charge in [-0.3, -0.25) is 0 Å². The van der Waals surface area contributed by atoms with Crippen LogP contribution in [0.2, 0.25) is 0 Å². The van der Waals surface area contributed by atoms with Crippen molar-refractivity contribution < 1.29 is 4.74 Å². The molecule has 0 fully saturated rings. The van der Waals surface area contributed by atoms with Crippen molar-refractivity contribution in [3.8, 4) is 6.19 Å². The highest BCUT2D eigenvalue weighted by molar-refractivity contribution is 4.63. The normalized spacial score (nSPS) is 9.64. The molecule has 0 aliphatic heterocycles. The van der Waals surface area contributed by atoms with Gasteiger partial charge >= 0.3 is 0 Å². The van der Waals surface area contributed by atoms with E-state index in [4.69, 9.17) is 10.00 Å². The van der Waals surface area contributed by atoms with Gasteiger partial charge in [-0.2, -0.15) is 5.26 Å². The van der Waals surface area contributed by atoms with Gasteiger partial charge in [-0.05, 0) is 12.3 Å². The first-order valence-electron chi connectivity index (χ1n) is 3.97. The highest BCUT2D eigenvalue weighted by Crippen LogP contribution is 1.97. The van der Waals surface area contributed by atoms with Crippen LogP contribution in [0.3, 0.4) is 0 Å². The summed E-state index contributed by atoms with van der Waals surface area (Å²) in [5.41, 5.74) is 0. The molecule has 3 nitrogen and oxygen atoms in total. The Morgan fingerprint density at radius 1 is 1.45 bits per heavy atom. The summed E-state index contributed by atoms with van der Waals surface area (Å²) < 4.78 is 5.23. The lowest BCUT2D eigenvalue weighted by Gasteiger charge is -2.04. The van der Waals surface area contributed by atoms with Crippen LogP contribution < -0.4 is 5.32 Å². The van der Waals surface area contributed by atoms with Crippen LogP contribution in [0.4, 0.5) is 0 Å². The summed E-state index contributed by atoms with van der Waals surface area (Å²) >= 11 is 0. The molecule has 0 aliphatic rings. The van der Waals surface area contributed by atoms with E-state index in [1.807, 2.05) is 6.19 Å². The Labute approximate surface area is 68.3 Å². The summed E-state index contributed by atoms with van der Waals surface area (Å²) in [5.74, 6) is 0.693. The first-order chi connectivity index (χ1) is 5.27. The van der Waals surface area contributed by atoms with E-state index in [1.54, 1.807) is 0 Å². The smallest absolute Gasteiger partial charge is 0.176 e.